The second kappa shape index (κ2) is 10.4. The molecule has 12 nitrogen and oxygen atoms in total. The molecule has 13 heteroatoms. The molecule has 0 bridgehead atoms. The van der Waals surface area contributed by atoms with Crippen LogP contribution in [-0.4, -0.2) is 77.8 Å². The topological polar surface area (TPSA) is 161 Å². The average molecular weight is 445 g/mol. The Kier molecular flexibility index (Phi) is 6.64. The zero-order chi connectivity index (χ0) is 25.2. The molecule has 0 aromatic rings. The summed E-state index contributed by atoms with van der Waals surface area (Å²) < 4.78 is 57.8. The van der Waals surface area contributed by atoms with Gasteiger partial charge in [0.05, 0.1) is 0 Å². The molecule has 1 fully saturated rings. The number of halogens is 1. The fraction of sp³-hybridized carbons (Fsp3) is 0.688. The molecule has 1 N–H and O–H groups in total. The van der Waals surface area contributed by atoms with Crippen LogP contribution < -0.4 is 0 Å². The van der Waals surface area contributed by atoms with Crippen molar-refractivity contribution < 1.29 is 63.0 Å². The first kappa shape index (κ1) is 18.6. The summed E-state index contributed by atoms with van der Waals surface area (Å²) in [5.41, 5.74) is 0. The predicted molar refractivity (Wildman–Crippen MR) is 89.9 cm³/mol. The molecule has 5 atom stereocenters. The van der Waals surface area contributed by atoms with E-state index in [0.717, 1.165) is 0 Å². The van der Waals surface area contributed by atoms with Crippen molar-refractivity contribution in [2.45, 2.75) is 58.0 Å². The van der Waals surface area contributed by atoms with Crippen LogP contribution >= 0.6 is 11.6 Å². The number of carbonyl (C=O) groups is 5. The fourth-order valence-corrected chi connectivity index (χ4v) is 2.43. The van der Waals surface area contributed by atoms with Gasteiger partial charge in [-0.15, -0.1) is 11.6 Å². The normalized spacial score (nSPS) is 30.4. The molecular weight excluding hydrogens is 420 g/mol. The monoisotopic (exact) mass is 444 g/mol. The van der Waals surface area contributed by atoms with Gasteiger partial charge in [0.1, 0.15) is 18.6 Å². The zero-order valence-electron chi connectivity index (χ0n) is 18.9. The number of carbonyl (C=O) groups excluding carboxylic acids is 5. The van der Waals surface area contributed by atoms with Gasteiger partial charge in [-0.1, -0.05) is 0 Å². The Morgan fingerprint density at radius 1 is 0.966 bits per heavy atom. The van der Waals surface area contributed by atoms with Gasteiger partial charge in [-0.05, 0) is 0 Å². The van der Waals surface area contributed by atoms with Gasteiger partial charge in [0.15, 0.2) is 12.2 Å². The number of alkyl halides is 1. The van der Waals surface area contributed by atoms with Crippen LogP contribution in [-0.2, 0) is 52.4 Å². The Morgan fingerprint density at radius 3 is 2.07 bits per heavy atom. The van der Waals surface area contributed by atoms with Crippen molar-refractivity contribution in [2.75, 3.05) is 12.5 Å². The highest BCUT2D eigenvalue weighted by Crippen LogP contribution is 2.35. The smallest absolute Gasteiger partial charge is 0.370 e. The second-order valence-corrected chi connectivity index (χ2v) is 5.66. The zero-order valence-corrected chi connectivity index (χ0v) is 15.6. The van der Waals surface area contributed by atoms with Crippen molar-refractivity contribution in [1.29, 1.82) is 0 Å². The van der Waals surface area contributed by atoms with Crippen LogP contribution in [0.5, 0.6) is 0 Å². The highest BCUT2D eigenvalue weighted by molar-refractivity contribution is 6.26. The summed E-state index contributed by atoms with van der Waals surface area (Å²) in [5.74, 6) is -10.2. The molecule has 1 rings (SSSR count). The molecule has 1 heterocycles. The summed E-state index contributed by atoms with van der Waals surface area (Å²) >= 11 is 5.36. The first-order valence-electron chi connectivity index (χ1n) is 10.5. The van der Waals surface area contributed by atoms with Crippen LogP contribution in [0.3, 0.4) is 0 Å². The summed E-state index contributed by atoms with van der Waals surface area (Å²) in [6, 6.07) is 0. The van der Waals surface area contributed by atoms with Crippen molar-refractivity contribution in [3.63, 3.8) is 0 Å². The second-order valence-electron chi connectivity index (χ2n) is 5.40. The van der Waals surface area contributed by atoms with Crippen LogP contribution in [0, 0.1) is 0 Å². The van der Waals surface area contributed by atoms with Crippen molar-refractivity contribution >= 4 is 41.4 Å². The third-order valence-corrected chi connectivity index (χ3v) is 3.46. The number of ether oxygens (including phenoxy) is 6. The first-order valence-corrected chi connectivity index (χ1v) is 8.17. The van der Waals surface area contributed by atoms with E-state index in [4.69, 9.17) is 45.5 Å². The number of rotatable bonds is 7. The minimum absolute atomic E-state index is 0.822. The lowest BCUT2D eigenvalue weighted by Crippen LogP contribution is -2.69. The molecule has 0 aromatic carbocycles. The van der Waals surface area contributed by atoms with Crippen LogP contribution in [0.2, 0.25) is 0 Å². The molecule has 29 heavy (non-hydrogen) atoms. The highest BCUT2D eigenvalue weighted by atomic mass is 35.5. The molecular formula is C16H21ClO12. The summed E-state index contributed by atoms with van der Waals surface area (Å²) in [4.78, 5) is 58.6. The lowest BCUT2D eigenvalue weighted by molar-refractivity contribution is -0.433. The van der Waals surface area contributed by atoms with Crippen LogP contribution in [0.4, 0.5) is 0 Å². The fourth-order valence-electron chi connectivity index (χ4n) is 2.38. The number of esters is 5. The quantitative estimate of drug-likeness (QED) is 0.225. The van der Waals surface area contributed by atoms with E-state index in [1.807, 2.05) is 0 Å². The van der Waals surface area contributed by atoms with Gasteiger partial charge >= 0.3 is 35.8 Å². The molecule has 1 aliphatic rings. The van der Waals surface area contributed by atoms with E-state index in [-0.39, 0.29) is 0 Å². The number of hydrogen-bond donors (Lipinski definition) is 1. The van der Waals surface area contributed by atoms with Crippen molar-refractivity contribution in [2.24, 2.45) is 0 Å². The molecule has 1 unspecified atom stereocenters. The standard InChI is InChI=1S/C16H21ClO12/c1-7(18)24-6-11-13(25-8(2)19)14(26-9(3)20)15(27-10(4)21)16(23,28-11)29-12(22)5-17/h11,13-15,23H,5-6H2,1-4H3/t11-,13-,14+,15-,16?/m1/s1/i1D,2D,3D,4D. The van der Waals surface area contributed by atoms with E-state index in [9.17, 15) is 29.1 Å². The molecule has 0 aliphatic carbocycles. The molecule has 0 aromatic heterocycles. The molecule has 0 amide bonds. The van der Waals surface area contributed by atoms with Crippen LogP contribution in [0.25, 0.3) is 0 Å². The highest BCUT2D eigenvalue weighted by Gasteiger charge is 2.62. The van der Waals surface area contributed by atoms with Gasteiger partial charge in [0.25, 0.3) is 0 Å². The van der Waals surface area contributed by atoms with Gasteiger partial charge in [0.2, 0.25) is 6.10 Å². The van der Waals surface area contributed by atoms with E-state index in [0.29, 0.717) is 0 Å². The Balaban J connectivity index is 3.54. The van der Waals surface area contributed by atoms with Crippen LogP contribution in [0.1, 0.15) is 33.1 Å². The molecule has 1 aliphatic heterocycles. The average Bonchev–Trinajstić information content (AvgIpc) is 2.80. The van der Waals surface area contributed by atoms with Crippen molar-refractivity contribution in [3.8, 4) is 0 Å². The maximum Gasteiger partial charge on any atom is 0.370 e. The Bertz CT molecular complexity index is 740. The first-order chi connectivity index (χ1) is 15.5. The van der Waals surface area contributed by atoms with E-state index in [1.165, 1.54) is 0 Å². The minimum Gasteiger partial charge on any atom is -0.463 e. The minimum atomic E-state index is -3.24. The molecule has 0 spiro atoms. The predicted octanol–water partition coefficient (Wildman–Crippen LogP) is -0.829. The van der Waals surface area contributed by atoms with E-state index in [2.05, 4.69) is 0 Å². The van der Waals surface area contributed by atoms with Gasteiger partial charge in [-0.25, -0.2) is 0 Å². The van der Waals surface area contributed by atoms with Crippen molar-refractivity contribution in [3.05, 3.63) is 0 Å². The summed E-state index contributed by atoms with van der Waals surface area (Å²) in [6.45, 7) is -4.58. The third-order valence-electron chi connectivity index (χ3n) is 3.24. The van der Waals surface area contributed by atoms with E-state index >= 15 is 0 Å². The summed E-state index contributed by atoms with van der Waals surface area (Å²) in [7, 11) is 0. The Hall–Kier alpha value is -2.44. The van der Waals surface area contributed by atoms with E-state index < -0.39 is 100 Å². The molecule has 164 valence electrons. The Labute approximate surface area is 175 Å². The maximum absolute atomic E-state index is 11.9. The largest absolute Gasteiger partial charge is 0.463 e. The van der Waals surface area contributed by atoms with Gasteiger partial charge < -0.3 is 33.5 Å². The van der Waals surface area contributed by atoms with E-state index in [1.54, 1.807) is 0 Å². The molecule has 1 saturated heterocycles. The van der Waals surface area contributed by atoms with Gasteiger partial charge in [0, 0.05) is 33.1 Å². The molecule has 0 saturated carbocycles. The summed E-state index contributed by atoms with van der Waals surface area (Å²) in [6.07, 6.45) is -7.85. The SMILES string of the molecule is [2H]CC(=O)OC[C@H]1OC(O)(OC(=O)CCl)[C@H](OC(=O)C[2H])[C@@H](OC(=O)C[2H])[C@@H]1OC(=O)C[2H]. The van der Waals surface area contributed by atoms with Crippen molar-refractivity contribution in [1.82, 2.24) is 0 Å². The Morgan fingerprint density at radius 2 is 1.52 bits per heavy atom. The lowest BCUT2D eigenvalue weighted by Gasteiger charge is -2.47. The lowest BCUT2D eigenvalue weighted by atomic mass is 9.96. The molecule has 0 radical (unpaired) electrons. The maximum atomic E-state index is 11.9. The van der Waals surface area contributed by atoms with Gasteiger partial charge in [-0.3, -0.25) is 24.0 Å². The third kappa shape index (κ3) is 7.15. The van der Waals surface area contributed by atoms with Crippen LogP contribution in [0.15, 0.2) is 0 Å². The van der Waals surface area contributed by atoms with Gasteiger partial charge in [-0.2, -0.15) is 0 Å². The number of aliphatic hydroxyl groups is 1. The summed E-state index contributed by atoms with van der Waals surface area (Å²) in [5, 5.41) is 10.9. The number of hydrogen-bond acceptors (Lipinski definition) is 12.